The molecule has 0 aromatic heterocycles. The van der Waals surface area contributed by atoms with Crippen molar-refractivity contribution in [2.24, 2.45) is 0 Å². The van der Waals surface area contributed by atoms with Crippen molar-refractivity contribution in [3.63, 3.8) is 0 Å². The molecule has 0 bridgehead atoms. The standard InChI is InChI=1S/C15H24N2O2/c1-11(2)12-4-5-14(19-3)15(18)13(12)10-17-8-6-16-7-9-17/h4-5,11,16,18H,6-10H2,1-3H3. The Morgan fingerprint density at radius 1 is 1.32 bits per heavy atom. The molecule has 0 radical (unpaired) electrons. The van der Waals surface area contributed by atoms with E-state index in [1.807, 2.05) is 6.07 Å². The molecule has 2 rings (SSSR count). The van der Waals surface area contributed by atoms with Crippen LogP contribution in [0.2, 0.25) is 0 Å². The molecule has 1 aromatic carbocycles. The van der Waals surface area contributed by atoms with Crippen molar-refractivity contribution in [1.82, 2.24) is 10.2 Å². The van der Waals surface area contributed by atoms with Crippen LogP contribution < -0.4 is 10.1 Å². The number of nitrogens with one attached hydrogen (secondary N) is 1. The number of ether oxygens (including phenoxy) is 1. The first-order valence-corrected chi connectivity index (χ1v) is 6.95. The van der Waals surface area contributed by atoms with Gasteiger partial charge in [0.1, 0.15) is 0 Å². The second kappa shape index (κ2) is 6.26. The molecule has 1 fully saturated rings. The van der Waals surface area contributed by atoms with Crippen LogP contribution in [0.4, 0.5) is 0 Å². The minimum absolute atomic E-state index is 0.298. The Hall–Kier alpha value is -1.26. The first kappa shape index (κ1) is 14.2. The van der Waals surface area contributed by atoms with Gasteiger partial charge in [-0.25, -0.2) is 0 Å². The monoisotopic (exact) mass is 264 g/mol. The minimum Gasteiger partial charge on any atom is -0.504 e. The van der Waals surface area contributed by atoms with Crippen LogP contribution in [-0.4, -0.2) is 43.3 Å². The maximum atomic E-state index is 10.4. The van der Waals surface area contributed by atoms with Crippen LogP contribution in [-0.2, 0) is 6.54 Å². The van der Waals surface area contributed by atoms with Gasteiger partial charge in [-0.15, -0.1) is 0 Å². The Balaban J connectivity index is 2.29. The highest BCUT2D eigenvalue weighted by Crippen LogP contribution is 2.36. The van der Waals surface area contributed by atoms with E-state index in [9.17, 15) is 5.11 Å². The number of hydrogen-bond acceptors (Lipinski definition) is 4. The Kier molecular flexibility index (Phi) is 4.66. The number of phenols is 1. The smallest absolute Gasteiger partial charge is 0.162 e. The number of phenolic OH excluding ortho intramolecular Hbond substituents is 1. The van der Waals surface area contributed by atoms with Crippen LogP contribution >= 0.6 is 0 Å². The molecule has 1 aliphatic heterocycles. The summed E-state index contributed by atoms with van der Waals surface area (Å²) in [4.78, 5) is 2.37. The van der Waals surface area contributed by atoms with E-state index in [-0.39, 0.29) is 0 Å². The third-order valence-electron chi connectivity index (χ3n) is 3.72. The Labute approximate surface area is 115 Å². The van der Waals surface area contributed by atoms with E-state index >= 15 is 0 Å². The van der Waals surface area contributed by atoms with Crippen molar-refractivity contribution in [1.29, 1.82) is 0 Å². The van der Waals surface area contributed by atoms with Gasteiger partial charge in [-0.2, -0.15) is 0 Å². The molecule has 1 aliphatic rings. The van der Waals surface area contributed by atoms with Gasteiger partial charge < -0.3 is 15.2 Å². The summed E-state index contributed by atoms with van der Waals surface area (Å²) in [5.41, 5.74) is 2.22. The number of piperazine rings is 1. The van der Waals surface area contributed by atoms with Gasteiger partial charge >= 0.3 is 0 Å². The molecule has 2 N–H and O–H groups in total. The third-order valence-corrected chi connectivity index (χ3v) is 3.72. The van der Waals surface area contributed by atoms with Gasteiger partial charge in [-0.05, 0) is 17.5 Å². The third kappa shape index (κ3) is 3.19. The summed E-state index contributed by atoms with van der Waals surface area (Å²) in [6.45, 7) is 9.18. The maximum Gasteiger partial charge on any atom is 0.162 e. The highest BCUT2D eigenvalue weighted by Gasteiger charge is 2.19. The molecule has 4 nitrogen and oxygen atoms in total. The summed E-state index contributed by atoms with van der Waals surface area (Å²) in [6.07, 6.45) is 0. The molecule has 0 amide bonds. The van der Waals surface area contributed by atoms with Gasteiger partial charge in [0, 0.05) is 38.3 Å². The molecular formula is C15H24N2O2. The molecule has 0 spiro atoms. The van der Waals surface area contributed by atoms with Crippen LogP contribution in [0.15, 0.2) is 12.1 Å². The molecule has 0 saturated carbocycles. The molecule has 19 heavy (non-hydrogen) atoms. The van der Waals surface area contributed by atoms with Crippen LogP contribution in [0, 0.1) is 0 Å². The highest BCUT2D eigenvalue weighted by atomic mass is 16.5. The van der Waals surface area contributed by atoms with Crippen molar-refractivity contribution in [2.45, 2.75) is 26.3 Å². The number of methoxy groups -OCH3 is 1. The second-order valence-electron chi connectivity index (χ2n) is 5.37. The fourth-order valence-electron chi connectivity index (χ4n) is 2.60. The van der Waals surface area contributed by atoms with Crippen molar-refractivity contribution < 1.29 is 9.84 Å². The van der Waals surface area contributed by atoms with E-state index in [0.717, 1.165) is 38.3 Å². The van der Waals surface area contributed by atoms with E-state index in [2.05, 4.69) is 30.1 Å². The Morgan fingerprint density at radius 3 is 2.58 bits per heavy atom. The van der Waals surface area contributed by atoms with Gasteiger partial charge in [0.2, 0.25) is 0 Å². The molecule has 1 saturated heterocycles. The van der Waals surface area contributed by atoms with Crippen LogP contribution in [0.3, 0.4) is 0 Å². The van der Waals surface area contributed by atoms with Crippen molar-refractivity contribution >= 4 is 0 Å². The molecule has 1 heterocycles. The SMILES string of the molecule is COc1ccc(C(C)C)c(CN2CCNCC2)c1O. The van der Waals surface area contributed by atoms with Gasteiger partial charge in [0.25, 0.3) is 0 Å². The predicted octanol–water partition coefficient (Wildman–Crippen LogP) is 1.93. The van der Waals surface area contributed by atoms with Crippen molar-refractivity contribution in [3.05, 3.63) is 23.3 Å². The minimum atomic E-state index is 0.298. The van der Waals surface area contributed by atoms with Crippen LogP contribution in [0.25, 0.3) is 0 Å². The number of rotatable bonds is 4. The fraction of sp³-hybridized carbons (Fsp3) is 0.600. The van der Waals surface area contributed by atoms with Crippen molar-refractivity contribution in [2.75, 3.05) is 33.3 Å². The molecular weight excluding hydrogens is 240 g/mol. The lowest BCUT2D eigenvalue weighted by molar-refractivity contribution is 0.229. The maximum absolute atomic E-state index is 10.4. The lowest BCUT2D eigenvalue weighted by Crippen LogP contribution is -2.43. The number of hydrogen-bond donors (Lipinski definition) is 2. The van der Waals surface area contributed by atoms with E-state index in [0.29, 0.717) is 17.4 Å². The van der Waals surface area contributed by atoms with Crippen molar-refractivity contribution in [3.8, 4) is 11.5 Å². The quantitative estimate of drug-likeness (QED) is 0.872. The normalized spacial score (nSPS) is 16.8. The van der Waals surface area contributed by atoms with E-state index in [4.69, 9.17) is 4.74 Å². The highest BCUT2D eigenvalue weighted by molar-refractivity contribution is 5.50. The average Bonchev–Trinajstić information content (AvgIpc) is 2.42. The lowest BCUT2D eigenvalue weighted by Gasteiger charge is -2.29. The molecule has 0 atom stereocenters. The summed E-state index contributed by atoms with van der Waals surface area (Å²) < 4.78 is 5.23. The summed E-state index contributed by atoms with van der Waals surface area (Å²) >= 11 is 0. The number of benzene rings is 1. The Morgan fingerprint density at radius 2 is 2.00 bits per heavy atom. The fourth-order valence-corrected chi connectivity index (χ4v) is 2.60. The first-order valence-electron chi connectivity index (χ1n) is 6.95. The zero-order chi connectivity index (χ0) is 13.8. The van der Waals surface area contributed by atoms with Gasteiger partial charge in [0.05, 0.1) is 7.11 Å². The zero-order valence-electron chi connectivity index (χ0n) is 12.1. The van der Waals surface area contributed by atoms with Crippen LogP contribution in [0.5, 0.6) is 11.5 Å². The average molecular weight is 264 g/mol. The van der Waals surface area contributed by atoms with E-state index in [1.54, 1.807) is 7.11 Å². The zero-order valence-corrected chi connectivity index (χ0v) is 12.1. The molecule has 4 heteroatoms. The predicted molar refractivity (Wildman–Crippen MR) is 76.9 cm³/mol. The molecule has 106 valence electrons. The lowest BCUT2D eigenvalue weighted by atomic mass is 9.95. The Bertz CT molecular complexity index is 426. The summed E-state index contributed by atoms with van der Waals surface area (Å²) in [5, 5.41) is 13.7. The van der Waals surface area contributed by atoms with Crippen LogP contribution in [0.1, 0.15) is 30.9 Å². The number of nitrogens with zero attached hydrogens (tertiary/aromatic N) is 1. The second-order valence-corrected chi connectivity index (χ2v) is 5.37. The molecule has 0 aliphatic carbocycles. The summed E-state index contributed by atoms with van der Waals surface area (Å²) in [6, 6.07) is 3.92. The largest absolute Gasteiger partial charge is 0.504 e. The van der Waals surface area contributed by atoms with Gasteiger partial charge in [-0.3, -0.25) is 4.90 Å². The van der Waals surface area contributed by atoms with Gasteiger partial charge in [0.15, 0.2) is 11.5 Å². The first-order chi connectivity index (χ1) is 9.13. The topological polar surface area (TPSA) is 44.7 Å². The van der Waals surface area contributed by atoms with Gasteiger partial charge in [-0.1, -0.05) is 19.9 Å². The molecule has 1 aromatic rings. The van der Waals surface area contributed by atoms with E-state index in [1.165, 1.54) is 5.56 Å². The molecule has 0 unspecified atom stereocenters. The van der Waals surface area contributed by atoms with E-state index < -0.39 is 0 Å². The number of aromatic hydroxyl groups is 1. The summed E-state index contributed by atoms with van der Waals surface area (Å²) in [5.74, 6) is 1.26. The summed E-state index contributed by atoms with van der Waals surface area (Å²) in [7, 11) is 1.60.